The summed E-state index contributed by atoms with van der Waals surface area (Å²) in [6, 6.07) is 0. The summed E-state index contributed by atoms with van der Waals surface area (Å²) in [7, 11) is 0. The zero-order valence-corrected chi connectivity index (χ0v) is 8.75. The molecule has 0 aromatic rings. The van der Waals surface area contributed by atoms with Crippen LogP contribution in [0.3, 0.4) is 0 Å². The van der Waals surface area contributed by atoms with Gasteiger partial charge in [-0.3, -0.25) is 0 Å². The van der Waals surface area contributed by atoms with E-state index >= 15 is 0 Å². The van der Waals surface area contributed by atoms with E-state index in [0.717, 1.165) is 32.5 Å². The molecule has 0 aliphatic carbocycles. The van der Waals surface area contributed by atoms with Crippen molar-refractivity contribution in [1.29, 1.82) is 0 Å². The third kappa shape index (κ3) is 3.92. The van der Waals surface area contributed by atoms with Gasteiger partial charge in [0.1, 0.15) is 0 Å². The van der Waals surface area contributed by atoms with Gasteiger partial charge in [0.15, 0.2) is 0 Å². The van der Waals surface area contributed by atoms with Crippen LogP contribution in [0.25, 0.3) is 0 Å². The standard InChI is InChI=1S/C11H18O3/c1-9(2)11(12)14-8-5-10-3-6-13-7-4-10/h10H,1,3-8H2,2H3. The quantitative estimate of drug-likeness (QED) is 0.511. The smallest absolute Gasteiger partial charge is 0.333 e. The molecule has 0 spiro atoms. The van der Waals surface area contributed by atoms with E-state index in [9.17, 15) is 4.79 Å². The van der Waals surface area contributed by atoms with E-state index < -0.39 is 0 Å². The number of carbonyl (C=O) groups is 1. The van der Waals surface area contributed by atoms with Crippen molar-refractivity contribution in [2.24, 2.45) is 5.92 Å². The number of hydrogen-bond donors (Lipinski definition) is 0. The highest BCUT2D eigenvalue weighted by atomic mass is 16.5. The summed E-state index contributed by atoms with van der Waals surface area (Å²) in [5.74, 6) is 0.374. The first kappa shape index (κ1) is 11.2. The first-order valence-electron chi connectivity index (χ1n) is 5.10. The Hall–Kier alpha value is -0.830. The van der Waals surface area contributed by atoms with Crippen LogP contribution in [-0.4, -0.2) is 25.8 Å². The van der Waals surface area contributed by atoms with Gasteiger partial charge < -0.3 is 9.47 Å². The monoisotopic (exact) mass is 198 g/mol. The molecule has 1 heterocycles. The van der Waals surface area contributed by atoms with Crippen molar-refractivity contribution in [2.45, 2.75) is 26.2 Å². The Kier molecular flexibility index (Phi) is 4.66. The van der Waals surface area contributed by atoms with Crippen molar-refractivity contribution < 1.29 is 14.3 Å². The Morgan fingerprint density at radius 2 is 2.14 bits per heavy atom. The lowest BCUT2D eigenvalue weighted by molar-refractivity contribution is -0.139. The summed E-state index contributed by atoms with van der Waals surface area (Å²) in [6.07, 6.45) is 3.12. The number of rotatable bonds is 4. The Balaban J connectivity index is 2.08. The molecule has 3 heteroatoms. The fourth-order valence-electron chi connectivity index (χ4n) is 1.48. The predicted octanol–water partition coefficient (Wildman–Crippen LogP) is 1.92. The third-order valence-electron chi connectivity index (χ3n) is 2.45. The van der Waals surface area contributed by atoms with Crippen LogP contribution < -0.4 is 0 Å². The molecule has 1 fully saturated rings. The lowest BCUT2D eigenvalue weighted by Gasteiger charge is -2.21. The lowest BCUT2D eigenvalue weighted by Crippen LogP contribution is -2.18. The van der Waals surface area contributed by atoms with Crippen LogP contribution in [-0.2, 0) is 14.3 Å². The highest BCUT2D eigenvalue weighted by molar-refractivity contribution is 5.86. The SMILES string of the molecule is C=C(C)C(=O)OCCC1CCOCC1. The molecule has 80 valence electrons. The van der Waals surface area contributed by atoms with E-state index in [1.807, 2.05) is 0 Å². The van der Waals surface area contributed by atoms with E-state index in [1.54, 1.807) is 6.92 Å². The molecule has 1 rings (SSSR count). The van der Waals surface area contributed by atoms with E-state index in [-0.39, 0.29) is 5.97 Å². The van der Waals surface area contributed by atoms with Crippen LogP contribution in [0.4, 0.5) is 0 Å². The van der Waals surface area contributed by atoms with Gasteiger partial charge in [-0.2, -0.15) is 0 Å². The Morgan fingerprint density at radius 3 is 2.71 bits per heavy atom. The second kappa shape index (κ2) is 5.81. The molecular formula is C11H18O3. The van der Waals surface area contributed by atoms with E-state index in [2.05, 4.69) is 6.58 Å². The number of ether oxygens (including phenoxy) is 2. The zero-order valence-electron chi connectivity index (χ0n) is 8.75. The minimum Gasteiger partial charge on any atom is -0.462 e. The van der Waals surface area contributed by atoms with Crippen LogP contribution in [0.5, 0.6) is 0 Å². The number of carbonyl (C=O) groups excluding carboxylic acids is 1. The first-order chi connectivity index (χ1) is 6.70. The van der Waals surface area contributed by atoms with Crippen LogP contribution in [0.2, 0.25) is 0 Å². The summed E-state index contributed by atoms with van der Waals surface area (Å²) in [5.41, 5.74) is 0.469. The molecular weight excluding hydrogens is 180 g/mol. The van der Waals surface area contributed by atoms with Crippen molar-refractivity contribution in [2.75, 3.05) is 19.8 Å². The van der Waals surface area contributed by atoms with Crippen molar-refractivity contribution in [3.05, 3.63) is 12.2 Å². The molecule has 0 saturated carbocycles. The van der Waals surface area contributed by atoms with Gasteiger partial charge in [-0.25, -0.2) is 4.79 Å². The average molecular weight is 198 g/mol. The highest BCUT2D eigenvalue weighted by Gasteiger charge is 2.14. The maximum atomic E-state index is 11.0. The molecule has 0 radical (unpaired) electrons. The largest absolute Gasteiger partial charge is 0.462 e. The van der Waals surface area contributed by atoms with E-state index in [4.69, 9.17) is 9.47 Å². The highest BCUT2D eigenvalue weighted by Crippen LogP contribution is 2.18. The average Bonchev–Trinajstić information content (AvgIpc) is 2.19. The summed E-state index contributed by atoms with van der Waals surface area (Å²) in [5, 5.41) is 0. The van der Waals surface area contributed by atoms with E-state index in [0.29, 0.717) is 18.1 Å². The molecule has 0 amide bonds. The zero-order chi connectivity index (χ0) is 10.4. The molecule has 3 nitrogen and oxygen atoms in total. The van der Waals surface area contributed by atoms with Crippen LogP contribution in [0.15, 0.2) is 12.2 Å². The van der Waals surface area contributed by atoms with Crippen molar-refractivity contribution >= 4 is 5.97 Å². The van der Waals surface area contributed by atoms with Crippen LogP contribution in [0.1, 0.15) is 26.2 Å². The van der Waals surface area contributed by atoms with Gasteiger partial charge in [0, 0.05) is 18.8 Å². The normalized spacial score (nSPS) is 17.8. The molecule has 0 bridgehead atoms. The van der Waals surface area contributed by atoms with Gasteiger partial charge in [-0.1, -0.05) is 6.58 Å². The fourth-order valence-corrected chi connectivity index (χ4v) is 1.48. The fraction of sp³-hybridized carbons (Fsp3) is 0.727. The minimum atomic E-state index is -0.281. The van der Waals surface area contributed by atoms with E-state index in [1.165, 1.54) is 0 Å². The first-order valence-corrected chi connectivity index (χ1v) is 5.10. The summed E-state index contributed by atoms with van der Waals surface area (Å²) >= 11 is 0. The number of esters is 1. The molecule has 0 N–H and O–H groups in total. The van der Waals surface area contributed by atoms with Crippen molar-refractivity contribution in [1.82, 2.24) is 0 Å². The Bertz CT molecular complexity index is 205. The van der Waals surface area contributed by atoms with Crippen molar-refractivity contribution in [3.8, 4) is 0 Å². The Labute approximate surface area is 85.1 Å². The maximum absolute atomic E-state index is 11.0. The lowest BCUT2D eigenvalue weighted by atomic mass is 9.97. The molecule has 1 aliphatic rings. The van der Waals surface area contributed by atoms with Gasteiger partial charge in [-0.15, -0.1) is 0 Å². The Morgan fingerprint density at radius 1 is 1.50 bits per heavy atom. The second-order valence-corrected chi connectivity index (χ2v) is 3.76. The van der Waals surface area contributed by atoms with Gasteiger partial charge in [-0.05, 0) is 32.1 Å². The molecule has 0 unspecified atom stereocenters. The molecule has 0 aromatic carbocycles. The maximum Gasteiger partial charge on any atom is 0.333 e. The third-order valence-corrected chi connectivity index (χ3v) is 2.45. The summed E-state index contributed by atoms with van der Waals surface area (Å²) in [6.45, 7) is 7.39. The topological polar surface area (TPSA) is 35.5 Å². The minimum absolute atomic E-state index is 0.281. The summed E-state index contributed by atoms with van der Waals surface area (Å²) < 4.78 is 10.3. The molecule has 14 heavy (non-hydrogen) atoms. The molecule has 1 saturated heterocycles. The van der Waals surface area contributed by atoms with Crippen molar-refractivity contribution in [3.63, 3.8) is 0 Å². The molecule has 0 atom stereocenters. The molecule has 1 aliphatic heterocycles. The van der Waals surface area contributed by atoms with Crippen LogP contribution in [0, 0.1) is 5.92 Å². The predicted molar refractivity (Wildman–Crippen MR) is 53.9 cm³/mol. The number of hydrogen-bond acceptors (Lipinski definition) is 3. The second-order valence-electron chi connectivity index (χ2n) is 3.76. The van der Waals surface area contributed by atoms with Gasteiger partial charge in [0.05, 0.1) is 6.61 Å². The van der Waals surface area contributed by atoms with Crippen LogP contribution >= 0.6 is 0 Å². The van der Waals surface area contributed by atoms with Gasteiger partial charge in [0.2, 0.25) is 0 Å². The van der Waals surface area contributed by atoms with Gasteiger partial charge in [0.25, 0.3) is 0 Å². The van der Waals surface area contributed by atoms with Gasteiger partial charge >= 0.3 is 5.97 Å². The summed E-state index contributed by atoms with van der Waals surface area (Å²) in [4.78, 5) is 11.0. The molecule has 0 aromatic heterocycles.